The van der Waals surface area contributed by atoms with Gasteiger partial charge in [0.15, 0.2) is 0 Å². The van der Waals surface area contributed by atoms with Gasteiger partial charge in [0.2, 0.25) is 5.78 Å². The van der Waals surface area contributed by atoms with E-state index in [0.717, 1.165) is 11.1 Å². The number of nitriles is 1. The largest absolute Gasteiger partial charge is 0.288 e. The summed E-state index contributed by atoms with van der Waals surface area (Å²) in [5, 5.41) is 9.17. The van der Waals surface area contributed by atoms with E-state index in [1.165, 1.54) is 24.3 Å². The van der Waals surface area contributed by atoms with Crippen molar-refractivity contribution in [2.24, 2.45) is 0 Å². The Morgan fingerprint density at radius 2 is 1.73 bits per heavy atom. The average molecular weight is 291 g/mol. The molecule has 108 valence electrons. The van der Waals surface area contributed by atoms with E-state index >= 15 is 0 Å². The molecular formula is C19H14FNO. The molecule has 2 nitrogen and oxygen atoms in total. The van der Waals surface area contributed by atoms with Crippen LogP contribution in [0.3, 0.4) is 0 Å². The third kappa shape index (κ3) is 3.77. The van der Waals surface area contributed by atoms with Crippen molar-refractivity contribution in [1.29, 1.82) is 5.26 Å². The number of carbonyl (C=O) groups is 1. The number of rotatable bonds is 4. The van der Waals surface area contributed by atoms with Crippen molar-refractivity contribution in [3.63, 3.8) is 0 Å². The summed E-state index contributed by atoms with van der Waals surface area (Å²) in [5.74, 6) is -1.24. The predicted molar refractivity (Wildman–Crippen MR) is 84.5 cm³/mol. The molecule has 0 spiro atoms. The topological polar surface area (TPSA) is 40.9 Å². The molecule has 0 heterocycles. The lowest BCUT2D eigenvalue weighted by Gasteiger charge is -2.01. The number of ketones is 1. The van der Waals surface area contributed by atoms with Crippen molar-refractivity contribution >= 4 is 11.9 Å². The normalized spacial score (nSPS) is 11.9. The van der Waals surface area contributed by atoms with Crippen LogP contribution in [0.25, 0.3) is 6.08 Å². The minimum absolute atomic E-state index is 0.0882. The van der Waals surface area contributed by atoms with Crippen molar-refractivity contribution in [3.05, 3.63) is 88.8 Å². The van der Waals surface area contributed by atoms with E-state index in [2.05, 4.69) is 0 Å². The third-order valence-electron chi connectivity index (χ3n) is 3.05. The molecule has 0 aliphatic rings. The van der Waals surface area contributed by atoms with Crippen LogP contribution in [0.1, 0.15) is 22.8 Å². The van der Waals surface area contributed by atoms with E-state index in [4.69, 9.17) is 0 Å². The molecule has 0 aliphatic carbocycles. The molecule has 0 aromatic heterocycles. The van der Waals surface area contributed by atoms with Crippen LogP contribution in [0.5, 0.6) is 0 Å². The maximum Gasteiger partial charge on any atom is 0.206 e. The van der Waals surface area contributed by atoms with Crippen LogP contribution in [0.4, 0.5) is 4.39 Å². The van der Waals surface area contributed by atoms with Gasteiger partial charge in [-0.05, 0) is 36.3 Å². The summed E-state index contributed by atoms with van der Waals surface area (Å²) in [6.45, 7) is 1.79. The van der Waals surface area contributed by atoms with Gasteiger partial charge in [0.25, 0.3) is 0 Å². The first kappa shape index (κ1) is 15.4. The Kier molecular flexibility index (Phi) is 5.00. The number of hydrogen-bond donors (Lipinski definition) is 0. The van der Waals surface area contributed by atoms with Gasteiger partial charge in [-0.25, -0.2) is 4.39 Å². The number of nitrogens with zero attached hydrogens (tertiary/aromatic N) is 1. The summed E-state index contributed by atoms with van der Waals surface area (Å²) in [6.07, 6.45) is 3.33. The molecule has 22 heavy (non-hydrogen) atoms. The number of benzene rings is 2. The molecule has 0 saturated heterocycles. The van der Waals surface area contributed by atoms with Crippen LogP contribution in [-0.2, 0) is 0 Å². The smallest absolute Gasteiger partial charge is 0.206 e. The molecule has 2 rings (SSSR count). The minimum Gasteiger partial charge on any atom is -0.288 e. The molecule has 2 aromatic rings. The van der Waals surface area contributed by atoms with Crippen LogP contribution in [0.15, 0.2) is 71.8 Å². The first-order valence-corrected chi connectivity index (χ1v) is 6.76. The highest BCUT2D eigenvalue weighted by atomic mass is 19.1. The maximum atomic E-state index is 13.6. The molecule has 0 unspecified atom stereocenters. The van der Waals surface area contributed by atoms with E-state index in [1.54, 1.807) is 13.0 Å². The first-order valence-electron chi connectivity index (χ1n) is 6.76. The van der Waals surface area contributed by atoms with Gasteiger partial charge < -0.3 is 0 Å². The summed E-state index contributed by atoms with van der Waals surface area (Å²) in [5.41, 5.74) is 1.52. The number of hydrogen-bond acceptors (Lipinski definition) is 2. The van der Waals surface area contributed by atoms with Gasteiger partial charge in [-0.15, -0.1) is 0 Å². The van der Waals surface area contributed by atoms with Crippen molar-refractivity contribution in [2.45, 2.75) is 6.92 Å². The van der Waals surface area contributed by atoms with Crippen LogP contribution < -0.4 is 0 Å². The van der Waals surface area contributed by atoms with Gasteiger partial charge in [-0.2, -0.15) is 5.26 Å². The van der Waals surface area contributed by atoms with Crippen LogP contribution in [0, 0.1) is 17.1 Å². The standard InChI is InChI=1S/C19H14FNO/c1-14(11-15-7-3-2-4-8-15)12-16(13-21)19(22)17-9-5-6-10-18(17)20/h2-12H,1H3/b14-11+,16-12+. The van der Waals surface area contributed by atoms with Gasteiger partial charge in [0.1, 0.15) is 17.5 Å². The zero-order valence-electron chi connectivity index (χ0n) is 12.1. The van der Waals surface area contributed by atoms with E-state index in [-0.39, 0.29) is 11.1 Å². The Morgan fingerprint density at radius 3 is 2.36 bits per heavy atom. The van der Waals surface area contributed by atoms with Gasteiger partial charge in [0.05, 0.1) is 5.56 Å². The predicted octanol–water partition coefficient (Wildman–Crippen LogP) is 4.56. The van der Waals surface area contributed by atoms with Gasteiger partial charge >= 0.3 is 0 Å². The third-order valence-corrected chi connectivity index (χ3v) is 3.05. The molecule has 0 atom stereocenters. The van der Waals surface area contributed by atoms with E-state index in [1.807, 2.05) is 42.5 Å². The lowest BCUT2D eigenvalue weighted by Crippen LogP contribution is -2.04. The highest BCUT2D eigenvalue weighted by Crippen LogP contribution is 2.15. The molecule has 0 bridgehead atoms. The van der Waals surface area contributed by atoms with Crippen LogP contribution in [-0.4, -0.2) is 5.78 Å². The van der Waals surface area contributed by atoms with Crippen LogP contribution in [0.2, 0.25) is 0 Å². The fourth-order valence-corrected chi connectivity index (χ4v) is 2.02. The molecule has 0 saturated carbocycles. The summed E-state index contributed by atoms with van der Waals surface area (Å²) < 4.78 is 13.6. The van der Waals surface area contributed by atoms with E-state index in [0.29, 0.717) is 0 Å². The molecule has 3 heteroatoms. The highest BCUT2D eigenvalue weighted by molar-refractivity contribution is 6.11. The average Bonchev–Trinajstić information content (AvgIpc) is 2.53. The zero-order valence-corrected chi connectivity index (χ0v) is 12.1. The summed E-state index contributed by atoms with van der Waals surface area (Å²) >= 11 is 0. The highest BCUT2D eigenvalue weighted by Gasteiger charge is 2.15. The first-order chi connectivity index (χ1) is 10.6. The number of carbonyl (C=O) groups excluding carboxylic acids is 1. The molecule has 2 aromatic carbocycles. The van der Waals surface area contributed by atoms with Crippen molar-refractivity contribution < 1.29 is 9.18 Å². The molecular weight excluding hydrogens is 277 g/mol. The lowest BCUT2D eigenvalue weighted by atomic mass is 10.0. The fraction of sp³-hybridized carbons (Fsp3) is 0.0526. The Morgan fingerprint density at radius 1 is 1.09 bits per heavy atom. The Hall–Kier alpha value is -2.99. The molecule has 0 N–H and O–H groups in total. The maximum absolute atomic E-state index is 13.6. The summed E-state index contributed by atoms with van der Waals surface area (Å²) in [6, 6.07) is 17.0. The summed E-state index contributed by atoms with van der Waals surface area (Å²) in [4.78, 5) is 12.2. The zero-order chi connectivity index (χ0) is 15.9. The number of halogens is 1. The molecule has 0 fully saturated rings. The van der Waals surface area contributed by atoms with Crippen molar-refractivity contribution in [3.8, 4) is 6.07 Å². The second-order valence-electron chi connectivity index (χ2n) is 4.78. The lowest BCUT2D eigenvalue weighted by molar-refractivity contribution is 0.103. The Bertz CT molecular complexity index is 783. The second kappa shape index (κ2) is 7.14. The summed E-state index contributed by atoms with van der Waals surface area (Å²) in [7, 11) is 0. The van der Waals surface area contributed by atoms with Crippen LogP contribution >= 0.6 is 0 Å². The fourth-order valence-electron chi connectivity index (χ4n) is 2.02. The van der Waals surface area contributed by atoms with Gasteiger partial charge in [-0.1, -0.05) is 48.5 Å². The monoisotopic (exact) mass is 291 g/mol. The Balaban J connectivity index is 2.32. The molecule has 0 amide bonds. The SMILES string of the molecule is CC(=C\c1ccccc1)/C=C(\C#N)C(=O)c1ccccc1F. The van der Waals surface area contributed by atoms with Gasteiger partial charge in [0, 0.05) is 0 Å². The molecule has 0 radical (unpaired) electrons. The van der Waals surface area contributed by atoms with Crippen molar-refractivity contribution in [2.75, 3.05) is 0 Å². The minimum atomic E-state index is -0.627. The number of Topliss-reactive ketones (excluding diaryl/α,β-unsaturated/α-hetero) is 1. The van der Waals surface area contributed by atoms with Gasteiger partial charge in [-0.3, -0.25) is 4.79 Å². The number of allylic oxidation sites excluding steroid dienone is 3. The Labute approximate surface area is 128 Å². The van der Waals surface area contributed by atoms with E-state index < -0.39 is 11.6 Å². The van der Waals surface area contributed by atoms with Crippen molar-refractivity contribution in [1.82, 2.24) is 0 Å². The molecule has 0 aliphatic heterocycles. The van der Waals surface area contributed by atoms with E-state index in [9.17, 15) is 14.4 Å². The second-order valence-corrected chi connectivity index (χ2v) is 4.78. The quantitative estimate of drug-likeness (QED) is 0.358.